The van der Waals surface area contributed by atoms with Gasteiger partial charge in [0.05, 0.1) is 22.8 Å². The largest absolute Gasteiger partial charge is 0.389 e. The van der Waals surface area contributed by atoms with Crippen LogP contribution in [0.3, 0.4) is 0 Å². The predicted molar refractivity (Wildman–Crippen MR) is 94.0 cm³/mol. The Hall–Kier alpha value is -1.98. The van der Waals surface area contributed by atoms with Crippen LogP contribution in [0.4, 0.5) is 5.69 Å². The summed E-state index contributed by atoms with van der Waals surface area (Å²) in [5.74, 6) is 0. The van der Waals surface area contributed by atoms with Crippen LogP contribution in [0, 0.1) is 0 Å². The number of rotatable bonds is 4. The van der Waals surface area contributed by atoms with Gasteiger partial charge in [0.15, 0.2) is 0 Å². The highest BCUT2D eigenvalue weighted by Gasteiger charge is 2.14. The fourth-order valence-electron chi connectivity index (χ4n) is 2.31. The first-order valence-corrected chi connectivity index (χ1v) is 7.93. The van der Waals surface area contributed by atoms with E-state index in [2.05, 4.69) is 34.7 Å². The second-order valence-corrected chi connectivity index (χ2v) is 6.23. The first-order chi connectivity index (χ1) is 10.2. The third kappa shape index (κ3) is 2.75. The summed E-state index contributed by atoms with van der Waals surface area (Å²) >= 11 is 6.89. The van der Waals surface area contributed by atoms with Crippen LogP contribution in [0.5, 0.6) is 0 Å². The van der Waals surface area contributed by atoms with Gasteiger partial charge in [-0.05, 0) is 24.4 Å². The number of thiocarbonyl (C=S) groups is 1. The van der Waals surface area contributed by atoms with Crippen LogP contribution < -0.4 is 11.1 Å². The predicted octanol–water partition coefficient (Wildman–Crippen LogP) is 4.10. The van der Waals surface area contributed by atoms with Crippen molar-refractivity contribution in [2.45, 2.75) is 13.0 Å². The molecule has 21 heavy (non-hydrogen) atoms. The van der Waals surface area contributed by atoms with E-state index in [4.69, 9.17) is 18.0 Å². The lowest BCUT2D eigenvalue weighted by atomic mass is 10.1. The highest BCUT2D eigenvalue weighted by Crippen LogP contribution is 2.30. The van der Waals surface area contributed by atoms with Crippen molar-refractivity contribution >= 4 is 45.1 Å². The highest BCUT2D eigenvalue weighted by atomic mass is 32.1. The molecule has 3 rings (SSSR count). The minimum absolute atomic E-state index is 0.184. The maximum Gasteiger partial charge on any atom is 0.107 e. The number of para-hydroxylation sites is 1. The molecule has 2 heterocycles. The van der Waals surface area contributed by atoms with Gasteiger partial charge >= 0.3 is 0 Å². The van der Waals surface area contributed by atoms with Crippen molar-refractivity contribution in [3.05, 3.63) is 58.4 Å². The number of nitrogens with one attached hydrogen (secondary N) is 1. The van der Waals surface area contributed by atoms with Crippen LogP contribution in [0.15, 0.2) is 48.0 Å². The van der Waals surface area contributed by atoms with Crippen molar-refractivity contribution in [2.24, 2.45) is 5.73 Å². The molecule has 2 aromatic heterocycles. The second-order valence-electron chi connectivity index (χ2n) is 4.81. The van der Waals surface area contributed by atoms with E-state index >= 15 is 0 Å². The van der Waals surface area contributed by atoms with E-state index in [-0.39, 0.29) is 6.04 Å². The molecule has 0 amide bonds. The van der Waals surface area contributed by atoms with E-state index in [9.17, 15) is 0 Å². The molecule has 3 nitrogen and oxygen atoms in total. The first kappa shape index (κ1) is 14.0. The lowest BCUT2D eigenvalue weighted by Gasteiger charge is -2.18. The summed E-state index contributed by atoms with van der Waals surface area (Å²) in [7, 11) is 0. The van der Waals surface area contributed by atoms with Gasteiger partial charge in [-0.15, -0.1) is 11.3 Å². The summed E-state index contributed by atoms with van der Waals surface area (Å²) in [4.78, 5) is 6.05. The van der Waals surface area contributed by atoms with E-state index in [1.54, 1.807) is 17.5 Å². The fraction of sp³-hybridized carbons (Fsp3) is 0.125. The summed E-state index contributed by atoms with van der Waals surface area (Å²) in [6.45, 7) is 2.13. The Morgan fingerprint density at radius 2 is 2.10 bits per heavy atom. The molecule has 0 bridgehead atoms. The molecule has 1 aromatic carbocycles. The van der Waals surface area contributed by atoms with Crippen molar-refractivity contribution < 1.29 is 0 Å². The molecule has 3 aromatic rings. The molecule has 0 spiro atoms. The molecule has 0 aliphatic heterocycles. The fourth-order valence-corrected chi connectivity index (χ4v) is 3.20. The van der Waals surface area contributed by atoms with Gasteiger partial charge in [0, 0.05) is 16.5 Å². The number of aromatic nitrogens is 1. The summed E-state index contributed by atoms with van der Waals surface area (Å²) < 4.78 is 0. The van der Waals surface area contributed by atoms with E-state index in [1.807, 2.05) is 24.3 Å². The van der Waals surface area contributed by atoms with Crippen LogP contribution in [-0.2, 0) is 0 Å². The quantitative estimate of drug-likeness (QED) is 0.712. The van der Waals surface area contributed by atoms with Gasteiger partial charge in [-0.2, -0.15) is 0 Å². The molecule has 5 heteroatoms. The number of nitrogens with zero attached hydrogens (tertiary/aromatic N) is 1. The van der Waals surface area contributed by atoms with Crippen molar-refractivity contribution in [1.29, 1.82) is 0 Å². The van der Waals surface area contributed by atoms with Crippen LogP contribution >= 0.6 is 23.6 Å². The summed E-state index contributed by atoms with van der Waals surface area (Å²) in [6, 6.07) is 12.3. The zero-order valence-corrected chi connectivity index (χ0v) is 13.2. The molecule has 0 radical (unpaired) electrons. The lowest BCUT2D eigenvalue weighted by molar-refractivity contribution is 0.909. The second kappa shape index (κ2) is 5.79. The average Bonchev–Trinajstić information content (AvgIpc) is 3.01. The Balaban J connectivity index is 2.10. The van der Waals surface area contributed by atoms with Crippen LogP contribution in [0.25, 0.3) is 10.9 Å². The number of hydrogen-bond acceptors (Lipinski definition) is 4. The molecule has 0 fully saturated rings. The van der Waals surface area contributed by atoms with Crippen molar-refractivity contribution in [3.8, 4) is 0 Å². The number of fused-ring (bicyclic) bond motifs is 1. The Morgan fingerprint density at radius 3 is 2.81 bits per heavy atom. The number of pyridine rings is 1. The molecule has 0 saturated heterocycles. The monoisotopic (exact) mass is 313 g/mol. The molecule has 1 unspecified atom stereocenters. The zero-order chi connectivity index (χ0) is 14.8. The maximum atomic E-state index is 5.85. The van der Waals surface area contributed by atoms with Gasteiger partial charge in [-0.1, -0.05) is 36.5 Å². The standard InChI is InChI=1S/C16H15N3S2/c1-10(14-7-4-8-21-14)19-15-11-5-2-3-6-13(11)18-9-12(15)16(17)20/h2-10H,1H3,(H2,17,20)(H,18,19). The van der Waals surface area contributed by atoms with Crippen LogP contribution in [0.1, 0.15) is 23.4 Å². The minimum atomic E-state index is 0.184. The minimum Gasteiger partial charge on any atom is -0.389 e. The van der Waals surface area contributed by atoms with Gasteiger partial charge < -0.3 is 11.1 Å². The first-order valence-electron chi connectivity index (χ1n) is 6.64. The number of nitrogens with two attached hydrogens (primary N) is 1. The molecule has 0 aliphatic rings. The Bertz CT molecular complexity index is 781. The topological polar surface area (TPSA) is 50.9 Å². The van der Waals surface area contributed by atoms with Crippen molar-refractivity contribution in [2.75, 3.05) is 5.32 Å². The van der Waals surface area contributed by atoms with E-state index in [1.165, 1.54) is 4.88 Å². The number of benzene rings is 1. The Morgan fingerprint density at radius 1 is 1.29 bits per heavy atom. The normalized spacial score (nSPS) is 12.2. The van der Waals surface area contributed by atoms with Gasteiger partial charge in [0.2, 0.25) is 0 Å². The highest BCUT2D eigenvalue weighted by molar-refractivity contribution is 7.80. The van der Waals surface area contributed by atoms with Crippen molar-refractivity contribution in [3.63, 3.8) is 0 Å². The van der Waals surface area contributed by atoms with Crippen molar-refractivity contribution in [1.82, 2.24) is 4.98 Å². The molecule has 0 saturated carbocycles. The Labute approximate surface area is 132 Å². The van der Waals surface area contributed by atoms with Gasteiger partial charge in [-0.3, -0.25) is 4.98 Å². The van der Waals surface area contributed by atoms with Crippen LogP contribution in [-0.4, -0.2) is 9.97 Å². The molecular formula is C16H15N3S2. The molecule has 3 N–H and O–H groups in total. The van der Waals surface area contributed by atoms with E-state index < -0.39 is 0 Å². The molecule has 0 aliphatic carbocycles. The third-order valence-corrected chi connectivity index (χ3v) is 4.65. The number of thiophene rings is 1. The van der Waals surface area contributed by atoms with Gasteiger partial charge in [0.1, 0.15) is 4.99 Å². The number of hydrogen-bond donors (Lipinski definition) is 2. The van der Waals surface area contributed by atoms with Crippen LogP contribution in [0.2, 0.25) is 0 Å². The SMILES string of the molecule is CC(Nc1c(C(N)=S)cnc2ccccc12)c1cccs1. The summed E-state index contributed by atoms with van der Waals surface area (Å²) in [5, 5.41) is 6.65. The summed E-state index contributed by atoms with van der Waals surface area (Å²) in [6.07, 6.45) is 1.74. The molecule has 106 valence electrons. The smallest absolute Gasteiger partial charge is 0.107 e. The zero-order valence-electron chi connectivity index (χ0n) is 11.5. The van der Waals surface area contributed by atoms with E-state index in [0.717, 1.165) is 22.2 Å². The molecule has 1 atom stereocenters. The lowest BCUT2D eigenvalue weighted by Crippen LogP contribution is -2.15. The van der Waals surface area contributed by atoms with E-state index in [0.29, 0.717) is 4.99 Å². The van der Waals surface area contributed by atoms with Gasteiger partial charge in [0.25, 0.3) is 0 Å². The summed E-state index contributed by atoms with van der Waals surface area (Å²) in [5.41, 5.74) is 8.52. The third-order valence-electron chi connectivity index (χ3n) is 3.37. The molecular weight excluding hydrogens is 298 g/mol. The Kier molecular flexibility index (Phi) is 3.86. The maximum absolute atomic E-state index is 5.85. The van der Waals surface area contributed by atoms with Gasteiger partial charge in [-0.25, -0.2) is 0 Å². The number of anilines is 1. The average molecular weight is 313 g/mol.